The highest BCUT2D eigenvalue weighted by molar-refractivity contribution is 6.24. The highest BCUT2D eigenvalue weighted by Gasteiger charge is 2.26. The van der Waals surface area contributed by atoms with Crippen molar-refractivity contribution in [1.29, 1.82) is 0 Å². The number of benzene rings is 8. The minimum absolute atomic E-state index is 0.0856. The van der Waals surface area contributed by atoms with Gasteiger partial charge in [-0.05, 0) is 110 Å². The van der Waals surface area contributed by atoms with Gasteiger partial charge in [-0.25, -0.2) is 0 Å². The SMILES string of the molecule is CC(C)(C)c1ccc(C(c2ccc(C(C)(C)C)cc2)c2ccc3ccc4c(C(c5ccc(C(C)(C)C)cc5)c5ccc(C(C)(C)C)cc5)ccc5ccc2c3c54)cc1. The standard InChI is InChI=1S/C58H62/c1-55(2,3)43-25-13-37(14-26-43)51(38-15-27-44(28-16-38)56(4,5)6)47-33-21-41-24-36-50-48(34-22-42-23-35-49(47)53(41)54(42)50)52(39-17-29-45(30-18-39)57(7,8)9)40-19-31-46(32-20-40)58(10,11)12/h13-36,51-52H,1-12H3. The molecule has 0 unspecified atom stereocenters. The molecule has 294 valence electrons. The maximum Gasteiger partial charge on any atom is 0.0346 e. The summed E-state index contributed by atoms with van der Waals surface area (Å²) in [5, 5.41) is 7.97. The Morgan fingerprint density at radius 3 is 0.707 bits per heavy atom. The van der Waals surface area contributed by atoms with Gasteiger partial charge in [0.15, 0.2) is 0 Å². The van der Waals surface area contributed by atoms with Crippen LogP contribution in [0.25, 0.3) is 32.3 Å². The first kappa shape index (κ1) is 39.6. The fourth-order valence-electron chi connectivity index (χ4n) is 9.16. The third kappa shape index (κ3) is 7.36. The first-order valence-corrected chi connectivity index (χ1v) is 21.4. The van der Waals surface area contributed by atoms with E-state index in [0.29, 0.717) is 0 Å². The summed E-state index contributed by atoms with van der Waals surface area (Å²) >= 11 is 0. The molecule has 0 radical (unpaired) electrons. The lowest BCUT2D eigenvalue weighted by molar-refractivity contribution is 0.589. The lowest BCUT2D eigenvalue weighted by Crippen LogP contribution is -2.13. The van der Waals surface area contributed by atoms with Crippen molar-refractivity contribution < 1.29 is 0 Å². The van der Waals surface area contributed by atoms with E-state index in [2.05, 4.69) is 229 Å². The smallest absolute Gasteiger partial charge is 0.0346 e. The highest BCUT2D eigenvalue weighted by atomic mass is 14.3. The van der Waals surface area contributed by atoms with Gasteiger partial charge in [0, 0.05) is 11.8 Å². The molecule has 0 spiro atoms. The monoisotopic (exact) mass is 758 g/mol. The van der Waals surface area contributed by atoms with Crippen LogP contribution in [-0.4, -0.2) is 0 Å². The predicted octanol–water partition coefficient (Wildman–Crippen LogP) is 16.1. The zero-order valence-corrected chi connectivity index (χ0v) is 37.0. The largest absolute Gasteiger partial charge is 0.0582 e. The van der Waals surface area contributed by atoms with Crippen LogP contribution in [0.4, 0.5) is 0 Å². The lowest BCUT2D eigenvalue weighted by Gasteiger charge is -2.27. The molecule has 0 aliphatic rings. The Labute approximate surface area is 348 Å². The quantitative estimate of drug-likeness (QED) is 0.117. The first-order valence-electron chi connectivity index (χ1n) is 21.4. The summed E-state index contributed by atoms with van der Waals surface area (Å²) in [4.78, 5) is 0. The number of hydrogen-bond acceptors (Lipinski definition) is 0. The summed E-state index contributed by atoms with van der Waals surface area (Å²) in [7, 11) is 0. The van der Waals surface area contributed by atoms with Crippen molar-refractivity contribution in [2.75, 3.05) is 0 Å². The van der Waals surface area contributed by atoms with Crippen LogP contribution >= 0.6 is 0 Å². The number of hydrogen-bond donors (Lipinski definition) is 0. The van der Waals surface area contributed by atoms with Crippen molar-refractivity contribution in [2.45, 2.75) is 117 Å². The van der Waals surface area contributed by atoms with E-state index in [0.717, 1.165) is 0 Å². The van der Waals surface area contributed by atoms with E-state index < -0.39 is 0 Å². The molecule has 0 saturated carbocycles. The summed E-state index contributed by atoms with van der Waals surface area (Å²) in [6.07, 6.45) is 0. The molecule has 0 aliphatic carbocycles. The molecule has 0 amide bonds. The normalized spacial score (nSPS) is 13.1. The molecule has 8 aromatic rings. The molecular formula is C58H62. The Morgan fingerprint density at radius 1 is 0.259 bits per heavy atom. The van der Waals surface area contributed by atoms with Gasteiger partial charge >= 0.3 is 0 Å². The molecule has 58 heavy (non-hydrogen) atoms. The molecule has 0 N–H and O–H groups in total. The second kappa shape index (κ2) is 14.3. The van der Waals surface area contributed by atoms with Gasteiger partial charge in [0.05, 0.1) is 0 Å². The lowest BCUT2D eigenvalue weighted by atomic mass is 9.77. The van der Waals surface area contributed by atoms with E-state index in [4.69, 9.17) is 0 Å². The minimum Gasteiger partial charge on any atom is -0.0582 e. The third-order valence-electron chi connectivity index (χ3n) is 12.8. The second-order valence-electron chi connectivity index (χ2n) is 21.1. The summed E-state index contributed by atoms with van der Waals surface area (Å²) in [5.41, 5.74) is 13.8. The van der Waals surface area contributed by atoms with Gasteiger partial charge < -0.3 is 0 Å². The molecule has 0 saturated heterocycles. The van der Waals surface area contributed by atoms with E-state index in [9.17, 15) is 0 Å². The van der Waals surface area contributed by atoms with Crippen LogP contribution in [-0.2, 0) is 21.7 Å². The second-order valence-corrected chi connectivity index (χ2v) is 21.1. The van der Waals surface area contributed by atoms with Crippen LogP contribution in [0, 0.1) is 0 Å². The molecule has 0 heteroatoms. The molecular weight excluding hydrogens is 697 g/mol. The van der Waals surface area contributed by atoms with E-state index in [1.165, 1.54) is 88.0 Å². The van der Waals surface area contributed by atoms with Crippen molar-refractivity contribution in [3.63, 3.8) is 0 Å². The Bertz CT molecular complexity index is 2390. The molecule has 0 bridgehead atoms. The minimum atomic E-state index is 0.0856. The molecule has 0 heterocycles. The fraction of sp³-hybridized carbons (Fsp3) is 0.310. The van der Waals surface area contributed by atoms with Crippen LogP contribution in [0.15, 0.2) is 146 Å². The summed E-state index contributed by atoms with van der Waals surface area (Å²) in [6.45, 7) is 27.6. The predicted molar refractivity (Wildman–Crippen MR) is 253 cm³/mol. The van der Waals surface area contributed by atoms with Crippen molar-refractivity contribution in [2.24, 2.45) is 0 Å². The zero-order chi connectivity index (χ0) is 41.4. The van der Waals surface area contributed by atoms with Crippen LogP contribution < -0.4 is 0 Å². The van der Waals surface area contributed by atoms with Crippen molar-refractivity contribution in [3.8, 4) is 0 Å². The van der Waals surface area contributed by atoms with Crippen LogP contribution in [0.5, 0.6) is 0 Å². The third-order valence-corrected chi connectivity index (χ3v) is 12.8. The van der Waals surface area contributed by atoms with Gasteiger partial charge in [-0.15, -0.1) is 0 Å². The maximum atomic E-state index is 2.40. The molecule has 0 aromatic heterocycles. The van der Waals surface area contributed by atoms with Gasteiger partial charge in [0.1, 0.15) is 0 Å². The Morgan fingerprint density at radius 2 is 0.483 bits per heavy atom. The Kier molecular flexibility index (Phi) is 9.74. The molecule has 8 aromatic carbocycles. The molecule has 0 fully saturated rings. The first-order chi connectivity index (χ1) is 27.3. The van der Waals surface area contributed by atoms with Gasteiger partial charge in [0.25, 0.3) is 0 Å². The van der Waals surface area contributed by atoms with Crippen molar-refractivity contribution in [1.82, 2.24) is 0 Å². The summed E-state index contributed by atoms with van der Waals surface area (Å²) in [5.74, 6) is 0.171. The summed E-state index contributed by atoms with van der Waals surface area (Å²) < 4.78 is 0. The molecule has 0 aliphatic heterocycles. The Balaban J connectivity index is 1.35. The molecule has 0 nitrogen and oxygen atoms in total. The van der Waals surface area contributed by atoms with Crippen LogP contribution in [0.2, 0.25) is 0 Å². The van der Waals surface area contributed by atoms with E-state index in [1.54, 1.807) is 0 Å². The zero-order valence-electron chi connectivity index (χ0n) is 37.0. The van der Waals surface area contributed by atoms with Crippen LogP contribution in [0.3, 0.4) is 0 Å². The highest BCUT2D eigenvalue weighted by Crippen LogP contribution is 2.46. The van der Waals surface area contributed by atoms with Gasteiger partial charge in [-0.2, -0.15) is 0 Å². The molecule has 8 rings (SSSR count). The van der Waals surface area contributed by atoms with Crippen molar-refractivity contribution >= 4 is 32.3 Å². The maximum absolute atomic E-state index is 2.40. The summed E-state index contributed by atoms with van der Waals surface area (Å²) in [6, 6.07) is 56.8. The topological polar surface area (TPSA) is 0 Å². The van der Waals surface area contributed by atoms with Crippen LogP contribution in [0.1, 0.15) is 151 Å². The van der Waals surface area contributed by atoms with Gasteiger partial charge in [0.2, 0.25) is 0 Å². The average Bonchev–Trinajstić information content (AvgIpc) is 3.17. The molecule has 0 atom stereocenters. The van der Waals surface area contributed by atoms with Gasteiger partial charge in [-0.3, -0.25) is 0 Å². The van der Waals surface area contributed by atoms with Gasteiger partial charge in [-0.1, -0.05) is 229 Å². The van der Waals surface area contributed by atoms with E-state index in [1.807, 2.05) is 0 Å². The fourth-order valence-corrected chi connectivity index (χ4v) is 9.16. The Hall–Kier alpha value is -5.20. The van der Waals surface area contributed by atoms with E-state index >= 15 is 0 Å². The number of rotatable bonds is 6. The van der Waals surface area contributed by atoms with E-state index in [-0.39, 0.29) is 33.5 Å². The van der Waals surface area contributed by atoms with Crippen molar-refractivity contribution in [3.05, 3.63) is 201 Å². The average molecular weight is 759 g/mol.